The fraction of sp³-hybridized carbons (Fsp3) is 0.500. The third-order valence-corrected chi connectivity index (χ3v) is 5.40. The fourth-order valence-electron chi connectivity index (χ4n) is 3.99. The van der Waals surface area contributed by atoms with Crippen molar-refractivity contribution >= 4 is 22.5 Å². The van der Waals surface area contributed by atoms with Gasteiger partial charge in [-0.2, -0.15) is 4.52 Å². The molecular weight excluding hydrogens is 408 g/mol. The average molecular weight is 426 g/mol. The molecule has 3 aromatic rings. The minimum atomic E-state index is -3.79. The van der Waals surface area contributed by atoms with Gasteiger partial charge in [0.2, 0.25) is 5.95 Å². The Hall–Kier alpha value is -2.89. The molecule has 2 N–H and O–H groups in total. The van der Waals surface area contributed by atoms with E-state index in [1.165, 1.54) is 16.6 Å². The Morgan fingerprint density at radius 1 is 1.20 bits per heavy atom. The van der Waals surface area contributed by atoms with E-state index in [1.807, 2.05) is 6.92 Å². The number of nitrogen functional groups attached to an aromatic ring is 1. The quantitative estimate of drug-likeness (QED) is 0.644. The number of benzene rings is 1. The van der Waals surface area contributed by atoms with E-state index in [9.17, 15) is 17.6 Å². The van der Waals surface area contributed by atoms with Crippen molar-refractivity contribution in [3.05, 3.63) is 18.0 Å². The van der Waals surface area contributed by atoms with Crippen LogP contribution in [0.25, 0.3) is 16.6 Å². The van der Waals surface area contributed by atoms with Crippen molar-refractivity contribution in [1.82, 2.24) is 24.5 Å². The highest BCUT2D eigenvalue weighted by molar-refractivity contribution is 5.97. The second-order valence-corrected chi connectivity index (χ2v) is 7.67. The molecule has 1 aromatic carbocycles. The van der Waals surface area contributed by atoms with E-state index in [2.05, 4.69) is 24.5 Å². The van der Waals surface area contributed by atoms with E-state index in [-0.39, 0.29) is 42.0 Å². The molecule has 8 nitrogen and oxygen atoms in total. The molecule has 2 aromatic heterocycles. The average Bonchev–Trinajstić information content (AvgIpc) is 3.21. The SMILES string of the molecule is C[C@@H](Cc1nc2c3ccc4c(c3nc(N)n2n1)OC(F)(F)O4)N1CCCC(F)(F)C1. The van der Waals surface area contributed by atoms with Gasteiger partial charge in [-0.25, -0.2) is 18.7 Å². The van der Waals surface area contributed by atoms with Gasteiger partial charge in [0.1, 0.15) is 5.52 Å². The molecule has 0 saturated carbocycles. The number of hydrogen-bond donors (Lipinski definition) is 1. The molecule has 12 heteroatoms. The fourth-order valence-corrected chi connectivity index (χ4v) is 3.99. The van der Waals surface area contributed by atoms with Gasteiger partial charge >= 0.3 is 6.29 Å². The first kappa shape index (κ1) is 19.1. The largest absolute Gasteiger partial charge is 0.586 e. The Morgan fingerprint density at radius 2 is 2.00 bits per heavy atom. The molecule has 0 bridgehead atoms. The Morgan fingerprint density at radius 3 is 2.77 bits per heavy atom. The molecule has 0 unspecified atom stereocenters. The Balaban J connectivity index is 1.50. The van der Waals surface area contributed by atoms with Crippen molar-refractivity contribution in [2.75, 3.05) is 18.8 Å². The molecule has 0 radical (unpaired) electrons. The summed E-state index contributed by atoms with van der Waals surface area (Å²) in [5.41, 5.74) is 6.35. The Kier molecular flexibility index (Phi) is 4.01. The number of ether oxygens (including phenoxy) is 2. The minimum absolute atomic E-state index is 0.0689. The van der Waals surface area contributed by atoms with Crippen molar-refractivity contribution in [2.24, 2.45) is 0 Å². The van der Waals surface area contributed by atoms with Gasteiger partial charge in [-0.05, 0) is 32.0 Å². The molecular formula is C18H18F4N6O2. The van der Waals surface area contributed by atoms with Gasteiger partial charge in [0.25, 0.3) is 5.92 Å². The highest BCUT2D eigenvalue weighted by Crippen LogP contribution is 2.45. The van der Waals surface area contributed by atoms with Crippen molar-refractivity contribution in [1.29, 1.82) is 0 Å². The second-order valence-electron chi connectivity index (χ2n) is 7.67. The van der Waals surface area contributed by atoms with Crippen LogP contribution >= 0.6 is 0 Å². The van der Waals surface area contributed by atoms with Crippen LogP contribution in [0.4, 0.5) is 23.5 Å². The molecule has 0 amide bonds. The van der Waals surface area contributed by atoms with Crippen LogP contribution in [0, 0.1) is 0 Å². The van der Waals surface area contributed by atoms with E-state index in [1.54, 1.807) is 4.90 Å². The zero-order valence-electron chi connectivity index (χ0n) is 15.9. The number of fused-ring (bicyclic) bond motifs is 5. The van der Waals surface area contributed by atoms with Crippen molar-refractivity contribution < 1.29 is 27.0 Å². The highest BCUT2D eigenvalue weighted by atomic mass is 19.3. The second kappa shape index (κ2) is 6.30. The normalized spacial score (nSPS) is 21.4. The van der Waals surface area contributed by atoms with Crippen LogP contribution < -0.4 is 15.2 Å². The number of rotatable bonds is 3. The first-order valence-corrected chi connectivity index (χ1v) is 9.47. The smallest absolute Gasteiger partial charge is 0.395 e. The van der Waals surface area contributed by atoms with Crippen LogP contribution in [0.5, 0.6) is 11.5 Å². The van der Waals surface area contributed by atoms with Crippen LogP contribution in [0.15, 0.2) is 12.1 Å². The van der Waals surface area contributed by atoms with E-state index in [0.717, 1.165) is 0 Å². The highest BCUT2D eigenvalue weighted by Gasteiger charge is 2.45. The lowest BCUT2D eigenvalue weighted by molar-refractivity contribution is -0.286. The number of aromatic nitrogens is 4. The topological polar surface area (TPSA) is 90.8 Å². The van der Waals surface area contributed by atoms with Gasteiger partial charge in [0.05, 0.1) is 6.54 Å². The lowest BCUT2D eigenvalue weighted by Crippen LogP contribution is -2.47. The summed E-state index contributed by atoms with van der Waals surface area (Å²) in [5.74, 6) is -2.75. The Labute approximate surface area is 167 Å². The van der Waals surface area contributed by atoms with Crippen LogP contribution in [0.3, 0.4) is 0 Å². The van der Waals surface area contributed by atoms with Crippen LogP contribution in [0.2, 0.25) is 0 Å². The van der Waals surface area contributed by atoms with Crippen LogP contribution in [-0.2, 0) is 6.42 Å². The van der Waals surface area contributed by atoms with Gasteiger partial charge in [-0.3, -0.25) is 4.90 Å². The molecule has 5 rings (SSSR count). The zero-order valence-corrected chi connectivity index (χ0v) is 15.9. The summed E-state index contributed by atoms with van der Waals surface area (Å²) in [7, 11) is 0. The number of halogens is 4. The van der Waals surface area contributed by atoms with Gasteiger partial charge in [0, 0.05) is 24.3 Å². The number of nitrogens with two attached hydrogens (primary N) is 1. The maximum atomic E-state index is 13.7. The standard InChI is InChI=1S/C18H18F4N6O2/c1-9(27-6-2-5-17(19,20)8-27)7-12-24-15-10-3-4-11-14(30-18(21,22)29-11)13(10)25-16(23)28(15)26-12/h3-4,9H,2,5-8H2,1H3,(H2,23,25)/t9-/m0/s1. The van der Waals surface area contributed by atoms with Crippen LogP contribution in [0.1, 0.15) is 25.6 Å². The van der Waals surface area contributed by atoms with E-state index in [0.29, 0.717) is 36.2 Å². The molecule has 0 spiro atoms. The summed E-state index contributed by atoms with van der Waals surface area (Å²) in [6.45, 7) is 2.12. The van der Waals surface area contributed by atoms with Crippen molar-refractivity contribution in [3.8, 4) is 11.5 Å². The van der Waals surface area contributed by atoms with E-state index < -0.39 is 12.2 Å². The lowest BCUT2D eigenvalue weighted by Gasteiger charge is -2.36. The molecule has 1 fully saturated rings. The monoisotopic (exact) mass is 426 g/mol. The summed E-state index contributed by atoms with van der Waals surface area (Å²) >= 11 is 0. The summed E-state index contributed by atoms with van der Waals surface area (Å²) in [4.78, 5) is 10.3. The maximum absolute atomic E-state index is 13.7. The third-order valence-electron chi connectivity index (χ3n) is 5.40. The number of alkyl halides is 4. The number of nitrogens with zero attached hydrogens (tertiary/aromatic N) is 5. The predicted octanol–water partition coefficient (Wildman–Crippen LogP) is 2.84. The molecule has 2 aliphatic heterocycles. The van der Waals surface area contributed by atoms with Crippen molar-refractivity contribution in [3.63, 3.8) is 0 Å². The predicted molar refractivity (Wildman–Crippen MR) is 97.8 cm³/mol. The third kappa shape index (κ3) is 3.15. The molecule has 160 valence electrons. The minimum Gasteiger partial charge on any atom is -0.395 e. The summed E-state index contributed by atoms with van der Waals surface area (Å²) < 4.78 is 64.7. The van der Waals surface area contributed by atoms with Crippen molar-refractivity contribution in [2.45, 2.75) is 44.4 Å². The number of hydrogen-bond acceptors (Lipinski definition) is 7. The van der Waals surface area contributed by atoms with E-state index >= 15 is 0 Å². The number of piperidine rings is 1. The first-order chi connectivity index (χ1) is 14.1. The first-order valence-electron chi connectivity index (χ1n) is 9.47. The van der Waals surface area contributed by atoms with E-state index in [4.69, 9.17) is 5.73 Å². The maximum Gasteiger partial charge on any atom is 0.586 e. The molecule has 1 saturated heterocycles. The summed E-state index contributed by atoms with van der Waals surface area (Å²) in [5, 5.41) is 4.74. The summed E-state index contributed by atoms with van der Waals surface area (Å²) in [6.07, 6.45) is -3.15. The van der Waals surface area contributed by atoms with Crippen LogP contribution in [-0.4, -0.2) is 55.8 Å². The van der Waals surface area contributed by atoms with Gasteiger partial charge < -0.3 is 15.2 Å². The molecule has 4 heterocycles. The molecule has 1 atom stereocenters. The molecule has 2 aliphatic rings. The molecule has 30 heavy (non-hydrogen) atoms. The van der Waals surface area contributed by atoms with Gasteiger partial charge in [0.15, 0.2) is 23.0 Å². The number of anilines is 1. The zero-order chi connectivity index (χ0) is 21.3. The van der Waals surface area contributed by atoms with Gasteiger partial charge in [-0.1, -0.05) is 0 Å². The Bertz CT molecular complexity index is 1150. The summed E-state index contributed by atoms with van der Waals surface area (Å²) in [6, 6.07) is 2.64. The molecule has 0 aliphatic carbocycles. The number of likely N-dealkylation sites (tertiary alicyclic amines) is 1. The lowest BCUT2D eigenvalue weighted by atomic mass is 10.0. The van der Waals surface area contributed by atoms with Gasteiger partial charge in [-0.15, -0.1) is 13.9 Å².